The van der Waals surface area contributed by atoms with E-state index in [1.54, 1.807) is 0 Å². The van der Waals surface area contributed by atoms with Gasteiger partial charge in [-0.3, -0.25) is 19.2 Å². The number of imide groups is 1. The topological polar surface area (TPSA) is 74.8 Å². The molecule has 3 amide bonds. The number of carbonyl (C=O) groups is 4. The maximum absolute atomic E-state index is 13.4. The van der Waals surface area contributed by atoms with Gasteiger partial charge in [0.05, 0.1) is 0 Å². The number of hydrogen-bond acceptors (Lipinski definition) is 4. The van der Waals surface area contributed by atoms with Crippen molar-refractivity contribution >= 4 is 46.7 Å². The van der Waals surface area contributed by atoms with E-state index in [2.05, 4.69) is 0 Å². The lowest BCUT2D eigenvalue weighted by molar-refractivity contribution is -0.165. The van der Waals surface area contributed by atoms with Crippen molar-refractivity contribution in [1.82, 2.24) is 10.0 Å². The predicted octanol–water partition coefficient (Wildman–Crippen LogP) is 4.26. The Hall–Kier alpha value is -2.77. The first-order valence-electron chi connectivity index (χ1n) is 9.64. The maximum atomic E-state index is 13.4. The second kappa shape index (κ2) is 10.0. The van der Waals surface area contributed by atoms with Gasteiger partial charge in [0.1, 0.15) is 11.9 Å². The van der Waals surface area contributed by atoms with Gasteiger partial charge in [0, 0.05) is 34.9 Å². The Kier molecular flexibility index (Phi) is 7.41. The van der Waals surface area contributed by atoms with Gasteiger partial charge in [-0.1, -0.05) is 11.6 Å². The van der Waals surface area contributed by atoms with Crippen LogP contribution in [0.3, 0.4) is 0 Å². The zero-order valence-electron chi connectivity index (χ0n) is 16.4. The van der Waals surface area contributed by atoms with E-state index in [4.69, 9.17) is 23.2 Å². The largest absolute Gasteiger partial charge is 0.292 e. The van der Waals surface area contributed by atoms with Crippen molar-refractivity contribution in [1.29, 1.82) is 0 Å². The number of carbonyl (C=O) groups excluding carboxylic acids is 4. The first-order chi connectivity index (χ1) is 14.8. The fourth-order valence-corrected chi connectivity index (χ4v) is 3.69. The summed E-state index contributed by atoms with van der Waals surface area (Å²) in [6.07, 6.45) is 0.473. The van der Waals surface area contributed by atoms with Crippen LogP contribution >= 0.6 is 23.2 Å². The van der Waals surface area contributed by atoms with Crippen molar-refractivity contribution in [2.24, 2.45) is 0 Å². The van der Waals surface area contributed by atoms with E-state index in [1.165, 1.54) is 36.4 Å². The zero-order chi connectivity index (χ0) is 22.5. The van der Waals surface area contributed by atoms with E-state index < -0.39 is 35.4 Å². The fraction of sp³-hybridized carbons (Fsp3) is 0.273. The van der Waals surface area contributed by atoms with E-state index >= 15 is 0 Å². The lowest BCUT2D eigenvalue weighted by Gasteiger charge is -2.39. The van der Waals surface area contributed by atoms with Gasteiger partial charge in [0.2, 0.25) is 11.8 Å². The predicted molar refractivity (Wildman–Crippen MR) is 113 cm³/mol. The molecule has 1 atom stereocenters. The standard InChI is InChI=1S/C22H19Cl2FN2O4/c23-13-12-18(21(30)14-6-10-17(25)11-7-14)26(27-19(28)2-1-3-20(27)29)22(31)15-4-8-16(24)9-5-15/h4-11,18H,1-3,12-13H2/t18-/m0/s1. The molecule has 31 heavy (non-hydrogen) atoms. The van der Waals surface area contributed by atoms with Gasteiger partial charge >= 0.3 is 0 Å². The second-order valence-electron chi connectivity index (χ2n) is 6.97. The van der Waals surface area contributed by atoms with Gasteiger partial charge in [-0.25, -0.2) is 9.40 Å². The molecule has 2 aromatic carbocycles. The van der Waals surface area contributed by atoms with Gasteiger partial charge in [0.15, 0.2) is 5.78 Å². The summed E-state index contributed by atoms with van der Waals surface area (Å²) in [5.74, 6) is -2.98. The number of nitrogens with zero attached hydrogens (tertiary/aromatic N) is 2. The molecule has 6 nitrogen and oxygen atoms in total. The van der Waals surface area contributed by atoms with Crippen LogP contribution in [0.25, 0.3) is 0 Å². The second-order valence-corrected chi connectivity index (χ2v) is 7.79. The van der Waals surface area contributed by atoms with Crippen LogP contribution in [0.4, 0.5) is 4.39 Å². The van der Waals surface area contributed by atoms with Crippen molar-refractivity contribution in [3.8, 4) is 0 Å². The number of benzene rings is 2. The molecule has 1 heterocycles. The summed E-state index contributed by atoms with van der Waals surface area (Å²) < 4.78 is 13.3. The highest BCUT2D eigenvalue weighted by Gasteiger charge is 2.41. The van der Waals surface area contributed by atoms with Crippen LogP contribution in [0.5, 0.6) is 0 Å². The number of alkyl halides is 1. The number of hydrazine groups is 1. The molecule has 0 unspecified atom stereocenters. The SMILES string of the molecule is O=C(c1ccc(F)cc1)[C@H](CCCl)N(C(=O)c1ccc(Cl)cc1)N1C(=O)CCCC1=O. The molecular weight excluding hydrogens is 446 g/mol. The molecule has 1 aliphatic rings. The Bertz CT molecular complexity index is 980. The Morgan fingerprint density at radius 3 is 2.06 bits per heavy atom. The smallest absolute Gasteiger partial charge is 0.273 e. The van der Waals surface area contributed by atoms with Crippen LogP contribution in [-0.2, 0) is 9.59 Å². The number of Topliss-reactive ketones (excluding diaryl/α,β-unsaturated/α-hetero) is 1. The zero-order valence-corrected chi connectivity index (χ0v) is 17.9. The normalized spacial score (nSPS) is 15.0. The Balaban J connectivity index is 2.08. The van der Waals surface area contributed by atoms with Gasteiger partial charge in [-0.15, -0.1) is 11.6 Å². The van der Waals surface area contributed by atoms with Gasteiger partial charge in [-0.05, 0) is 61.4 Å². The van der Waals surface area contributed by atoms with Crippen molar-refractivity contribution in [3.63, 3.8) is 0 Å². The summed E-state index contributed by atoms with van der Waals surface area (Å²) >= 11 is 11.8. The third kappa shape index (κ3) is 5.11. The number of hydrogen-bond donors (Lipinski definition) is 0. The molecule has 2 aromatic rings. The highest BCUT2D eigenvalue weighted by molar-refractivity contribution is 6.30. The maximum Gasteiger partial charge on any atom is 0.273 e. The summed E-state index contributed by atoms with van der Waals surface area (Å²) in [5.41, 5.74) is 0.268. The Morgan fingerprint density at radius 2 is 1.52 bits per heavy atom. The molecule has 9 heteroatoms. The van der Waals surface area contributed by atoms with Crippen LogP contribution in [-0.4, -0.2) is 45.4 Å². The average molecular weight is 465 g/mol. The average Bonchev–Trinajstić information content (AvgIpc) is 2.75. The monoisotopic (exact) mass is 464 g/mol. The number of piperidine rings is 1. The minimum atomic E-state index is -1.24. The first kappa shape index (κ1) is 22.9. The molecular formula is C22H19Cl2FN2O4. The molecule has 0 bridgehead atoms. The third-order valence-electron chi connectivity index (χ3n) is 4.88. The van der Waals surface area contributed by atoms with E-state index in [-0.39, 0.29) is 36.3 Å². The molecule has 1 fully saturated rings. The summed E-state index contributed by atoms with van der Waals surface area (Å²) in [4.78, 5) is 52.0. The quantitative estimate of drug-likeness (QED) is 0.348. The van der Waals surface area contributed by atoms with Crippen molar-refractivity contribution in [2.45, 2.75) is 31.7 Å². The van der Waals surface area contributed by atoms with Gasteiger partial charge in [0.25, 0.3) is 5.91 Å². The molecule has 0 radical (unpaired) electrons. The van der Waals surface area contributed by atoms with E-state index in [1.807, 2.05) is 0 Å². The van der Waals surface area contributed by atoms with E-state index in [0.717, 1.165) is 22.2 Å². The molecule has 0 aliphatic carbocycles. The minimum Gasteiger partial charge on any atom is -0.292 e. The van der Waals surface area contributed by atoms with Crippen molar-refractivity contribution in [2.75, 3.05) is 5.88 Å². The molecule has 0 spiro atoms. The summed E-state index contributed by atoms with van der Waals surface area (Å²) in [7, 11) is 0. The van der Waals surface area contributed by atoms with Crippen molar-refractivity contribution in [3.05, 3.63) is 70.5 Å². The number of amides is 3. The van der Waals surface area contributed by atoms with Crippen molar-refractivity contribution < 1.29 is 23.6 Å². The number of ketones is 1. The molecule has 0 N–H and O–H groups in total. The van der Waals surface area contributed by atoms with E-state index in [9.17, 15) is 23.6 Å². The molecule has 0 aromatic heterocycles. The highest BCUT2D eigenvalue weighted by Crippen LogP contribution is 2.24. The Morgan fingerprint density at radius 1 is 0.968 bits per heavy atom. The third-order valence-corrected chi connectivity index (χ3v) is 5.35. The van der Waals surface area contributed by atoms with E-state index in [0.29, 0.717) is 11.4 Å². The van der Waals surface area contributed by atoms with Crippen LogP contribution < -0.4 is 0 Å². The highest BCUT2D eigenvalue weighted by atomic mass is 35.5. The fourth-order valence-electron chi connectivity index (χ4n) is 3.35. The lowest BCUT2D eigenvalue weighted by atomic mass is 10.00. The summed E-state index contributed by atoms with van der Waals surface area (Å²) in [6, 6.07) is 9.43. The van der Waals surface area contributed by atoms with Crippen LogP contribution in [0.1, 0.15) is 46.4 Å². The lowest BCUT2D eigenvalue weighted by Crippen LogP contribution is -2.60. The summed E-state index contributed by atoms with van der Waals surface area (Å²) in [6.45, 7) is 0. The van der Waals surface area contributed by atoms with Gasteiger partial charge < -0.3 is 0 Å². The molecule has 0 saturated carbocycles. The number of halogens is 3. The first-order valence-corrected chi connectivity index (χ1v) is 10.5. The summed E-state index contributed by atoms with van der Waals surface area (Å²) in [5, 5.41) is 2.04. The van der Waals surface area contributed by atoms with Crippen LogP contribution in [0.2, 0.25) is 5.02 Å². The molecule has 1 saturated heterocycles. The molecule has 3 rings (SSSR count). The molecule has 162 valence electrons. The number of rotatable bonds is 7. The van der Waals surface area contributed by atoms with Crippen LogP contribution in [0, 0.1) is 5.82 Å². The van der Waals surface area contributed by atoms with Crippen LogP contribution in [0.15, 0.2) is 48.5 Å². The van der Waals surface area contributed by atoms with Gasteiger partial charge in [-0.2, -0.15) is 5.01 Å². The minimum absolute atomic E-state index is 0.0157. The Labute approximate surface area is 188 Å². The molecule has 1 aliphatic heterocycles.